The normalized spacial score (nSPS) is 26.1. The molecule has 5 rings (SSSR count). The maximum Gasteiger partial charge on any atom is 0.261 e. The van der Waals surface area contributed by atoms with Gasteiger partial charge in [-0.25, -0.2) is 4.68 Å². The number of rotatable bonds is 12. The van der Waals surface area contributed by atoms with Crippen molar-refractivity contribution in [1.82, 2.24) is 19.9 Å². The van der Waals surface area contributed by atoms with E-state index in [2.05, 4.69) is 30.2 Å². The number of unbranched alkanes of at least 4 members (excludes halogenated alkanes) is 1. The van der Waals surface area contributed by atoms with E-state index in [1.165, 1.54) is 43.4 Å². The van der Waals surface area contributed by atoms with E-state index in [-0.39, 0.29) is 11.8 Å². The Morgan fingerprint density at radius 3 is 2.56 bits per heavy atom. The number of carbonyl (C=O) groups excluding carboxylic acids is 2. The van der Waals surface area contributed by atoms with Crippen molar-refractivity contribution in [2.45, 2.75) is 110 Å². The molecule has 2 aromatic rings. The van der Waals surface area contributed by atoms with Gasteiger partial charge in [-0.2, -0.15) is 0 Å². The van der Waals surface area contributed by atoms with Crippen molar-refractivity contribution >= 4 is 11.8 Å². The lowest BCUT2D eigenvalue weighted by atomic mass is 9.60. The Hall–Kier alpha value is -2.80. The SMILES string of the molecule is C[C@H](CCCC(C)(C)O)[C@H]1CC[C@H]2/C(=C/Cn3cc(CCCCN4C(=O)c5ccccc5C4=O)nn3)CCC[C@]12C. The van der Waals surface area contributed by atoms with Crippen molar-refractivity contribution in [3.05, 3.63) is 58.9 Å². The molecule has 2 saturated carbocycles. The van der Waals surface area contributed by atoms with Crippen LogP contribution in [-0.4, -0.2) is 49.0 Å². The van der Waals surface area contributed by atoms with Crippen LogP contribution < -0.4 is 0 Å². The minimum Gasteiger partial charge on any atom is -0.390 e. The van der Waals surface area contributed by atoms with Gasteiger partial charge in [0.25, 0.3) is 11.8 Å². The number of benzene rings is 1. The second kappa shape index (κ2) is 12.2. The predicted molar refractivity (Wildman–Crippen MR) is 160 cm³/mol. The van der Waals surface area contributed by atoms with E-state index in [1.54, 1.807) is 29.8 Å². The molecule has 2 aliphatic carbocycles. The van der Waals surface area contributed by atoms with Gasteiger partial charge < -0.3 is 5.11 Å². The lowest BCUT2D eigenvalue weighted by molar-refractivity contribution is 0.0594. The fourth-order valence-corrected chi connectivity index (χ4v) is 8.09. The average Bonchev–Trinajstić information content (AvgIpc) is 3.60. The summed E-state index contributed by atoms with van der Waals surface area (Å²) in [5.41, 5.74) is 3.41. The lowest BCUT2D eigenvalue weighted by Gasteiger charge is -2.44. The number of aromatic nitrogens is 3. The first-order valence-corrected chi connectivity index (χ1v) is 15.8. The molecule has 1 aliphatic heterocycles. The van der Waals surface area contributed by atoms with Gasteiger partial charge in [0.15, 0.2) is 0 Å². The third-order valence-electron chi connectivity index (χ3n) is 10.2. The Bertz CT molecular complexity index is 1240. The fourth-order valence-electron chi connectivity index (χ4n) is 8.09. The lowest BCUT2D eigenvalue weighted by Crippen LogP contribution is -2.36. The number of fused-ring (bicyclic) bond motifs is 2. The summed E-state index contributed by atoms with van der Waals surface area (Å²) in [4.78, 5) is 26.5. The summed E-state index contributed by atoms with van der Waals surface area (Å²) in [5, 5.41) is 18.9. The molecule has 4 atom stereocenters. The average molecular weight is 561 g/mol. The molecule has 222 valence electrons. The Morgan fingerprint density at radius 2 is 1.85 bits per heavy atom. The van der Waals surface area contributed by atoms with Crippen LogP contribution >= 0.6 is 0 Å². The number of imide groups is 1. The van der Waals surface area contributed by atoms with Gasteiger partial charge in [-0.15, -0.1) is 5.10 Å². The van der Waals surface area contributed by atoms with Crippen LogP contribution in [0.25, 0.3) is 0 Å². The molecular weight excluding hydrogens is 512 g/mol. The Kier molecular flexibility index (Phi) is 8.84. The molecule has 3 aliphatic rings. The number of amides is 2. The Balaban J connectivity index is 1.10. The van der Waals surface area contributed by atoms with Gasteiger partial charge in [0.1, 0.15) is 0 Å². The van der Waals surface area contributed by atoms with Crippen molar-refractivity contribution in [2.75, 3.05) is 6.54 Å². The second-order valence-electron chi connectivity index (χ2n) is 13.8. The highest BCUT2D eigenvalue weighted by Crippen LogP contribution is 2.59. The van der Waals surface area contributed by atoms with Gasteiger partial charge in [0.05, 0.1) is 29.0 Å². The summed E-state index contributed by atoms with van der Waals surface area (Å²) in [6, 6.07) is 7.05. The number of hydrogen-bond donors (Lipinski definition) is 1. The molecule has 1 aromatic heterocycles. The van der Waals surface area contributed by atoms with Crippen LogP contribution in [0.4, 0.5) is 0 Å². The van der Waals surface area contributed by atoms with Crippen LogP contribution in [0.3, 0.4) is 0 Å². The molecule has 1 aromatic carbocycles. The molecule has 0 unspecified atom stereocenters. The Labute approximate surface area is 245 Å². The first kappa shape index (κ1) is 29.7. The van der Waals surface area contributed by atoms with E-state index in [0.29, 0.717) is 34.9 Å². The highest BCUT2D eigenvalue weighted by atomic mass is 16.3. The molecule has 41 heavy (non-hydrogen) atoms. The number of hydrogen-bond acceptors (Lipinski definition) is 5. The number of allylic oxidation sites excluding steroid dienone is 2. The van der Waals surface area contributed by atoms with Crippen LogP contribution in [-0.2, 0) is 13.0 Å². The monoisotopic (exact) mass is 560 g/mol. The van der Waals surface area contributed by atoms with Gasteiger partial charge in [0.2, 0.25) is 0 Å². The summed E-state index contributed by atoms with van der Waals surface area (Å²) in [6.45, 7) is 10.0. The smallest absolute Gasteiger partial charge is 0.261 e. The molecular formula is C34H48N4O3. The zero-order valence-electron chi connectivity index (χ0n) is 25.4. The zero-order valence-corrected chi connectivity index (χ0v) is 25.4. The summed E-state index contributed by atoms with van der Waals surface area (Å²) in [6.07, 6.45) is 16.4. The maximum absolute atomic E-state index is 12.6. The van der Waals surface area contributed by atoms with E-state index < -0.39 is 5.60 Å². The van der Waals surface area contributed by atoms with Crippen molar-refractivity contribution < 1.29 is 14.7 Å². The molecule has 0 radical (unpaired) electrons. The number of carbonyl (C=O) groups is 2. The van der Waals surface area contributed by atoms with Crippen molar-refractivity contribution in [1.29, 1.82) is 0 Å². The third-order valence-corrected chi connectivity index (χ3v) is 10.2. The summed E-state index contributed by atoms with van der Waals surface area (Å²) >= 11 is 0. The van der Waals surface area contributed by atoms with Gasteiger partial charge in [-0.1, -0.05) is 55.7 Å². The molecule has 0 spiro atoms. The quantitative estimate of drug-likeness (QED) is 0.179. The number of aliphatic hydroxyl groups is 1. The summed E-state index contributed by atoms with van der Waals surface area (Å²) in [7, 11) is 0. The highest BCUT2D eigenvalue weighted by Gasteiger charge is 2.50. The first-order chi connectivity index (χ1) is 19.6. The van der Waals surface area contributed by atoms with Crippen LogP contribution in [0.1, 0.15) is 118 Å². The number of nitrogens with zero attached hydrogens (tertiary/aromatic N) is 4. The van der Waals surface area contributed by atoms with Gasteiger partial charge >= 0.3 is 0 Å². The van der Waals surface area contributed by atoms with Gasteiger partial charge in [0, 0.05) is 12.7 Å². The van der Waals surface area contributed by atoms with Crippen LogP contribution in [0.5, 0.6) is 0 Å². The topological polar surface area (TPSA) is 88.3 Å². The van der Waals surface area contributed by atoms with Crippen LogP contribution in [0.2, 0.25) is 0 Å². The summed E-state index contributed by atoms with van der Waals surface area (Å²) < 4.78 is 1.95. The molecule has 2 amide bonds. The van der Waals surface area contributed by atoms with Gasteiger partial charge in [-0.3, -0.25) is 14.5 Å². The molecule has 0 saturated heterocycles. The first-order valence-electron chi connectivity index (χ1n) is 15.8. The van der Waals surface area contributed by atoms with E-state index in [9.17, 15) is 14.7 Å². The standard InChI is InChI=1S/C34H48N4O3/c1-24(11-9-19-33(2,3)41)29-16-17-30-25(12-10-20-34(29,30)4)18-22-37-23-26(35-36-37)13-7-8-21-38-31(39)27-14-5-6-15-28(27)32(38)40/h5-6,14-15,18,23-24,29-30,41H,7-13,16-17,19-22H2,1-4H3/b25-18+/t24-,29-,30+,34-/m1/s1. The largest absolute Gasteiger partial charge is 0.390 e. The minimum atomic E-state index is -0.564. The molecule has 0 bridgehead atoms. The molecule has 7 nitrogen and oxygen atoms in total. The van der Waals surface area contributed by atoms with E-state index in [0.717, 1.165) is 50.3 Å². The van der Waals surface area contributed by atoms with Crippen molar-refractivity contribution in [2.24, 2.45) is 23.2 Å². The molecule has 2 fully saturated rings. The predicted octanol–water partition coefficient (Wildman–Crippen LogP) is 6.62. The van der Waals surface area contributed by atoms with E-state index >= 15 is 0 Å². The minimum absolute atomic E-state index is 0.183. The van der Waals surface area contributed by atoms with E-state index in [1.807, 2.05) is 24.7 Å². The second-order valence-corrected chi connectivity index (χ2v) is 13.8. The highest BCUT2D eigenvalue weighted by molar-refractivity contribution is 6.21. The molecule has 2 heterocycles. The van der Waals surface area contributed by atoms with E-state index in [4.69, 9.17) is 0 Å². The van der Waals surface area contributed by atoms with Crippen LogP contribution in [0, 0.1) is 23.2 Å². The van der Waals surface area contributed by atoms with Crippen molar-refractivity contribution in [3.63, 3.8) is 0 Å². The fraction of sp³-hybridized carbons (Fsp3) is 0.647. The van der Waals surface area contributed by atoms with Crippen LogP contribution in [0.15, 0.2) is 42.1 Å². The maximum atomic E-state index is 12.6. The molecule has 7 heteroatoms. The van der Waals surface area contributed by atoms with Crippen molar-refractivity contribution in [3.8, 4) is 0 Å². The molecule has 1 N–H and O–H groups in total. The summed E-state index contributed by atoms with van der Waals surface area (Å²) in [5.74, 6) is 1.76. The Morgan fingerprint density at radius 1 is 1.12 bits per heavy atom. The third kappa shape index (κ3) is 6.50. The zero-order chi connectivity index (χ0) is 29.2. The number of aryl methyl sites for hydroxylation is 1. The van der Waals surface area contributed by atoms with Gasteiger partial charge in [-0.05, 0) is 107 Å².